The molecule has 21 heavy (non-hydrogen) atoms. The van der Waals surface area contributed by atoms with Crippen molar-refractivity contribution in [3.8, 4) is 0 Å². The molecule has 0 saturated heterocycles. The van der Waals surface area contributed by atoms with Gasteiger partial charge in [-0.2, -0.15) is 0 Å². The first kappa shape index (κ1) is 15.5. The lowest BCUT2D eigenvalue weighted by molar-refractivity contribution is 0.0651. The van der Waals surface area contributed by atoms with Gasteiger partial charge in [0.1, 0.15) is 0 Å². The predicted octanol–water partition coefficient (Wildman–Crippen LogP) is 5.70. The first-order chi connectivity index (χ1) is 9.53. The summed E-state index contributed by atoms with van der Waals surface area (Å²) >= 11 is 0. The van der Waals surface area contributed by atoms with Gasteiger partial charge in [-0.05, 0) is 54.5 Å². The lowest BCUT2D eigenvalue weighted by Crippen LogP contribution is -2.46. The molecule has 0 aromatic heterocycles. The lowest BCUT2D eigenvalue weighted by atomic mass is 9.68. The zero-order valence-electron chi connectivity index (χ0n) is 15.0. The Labute approximate surface area is 132 Å². The SMILES string of the molecule is CC(C)(C)[Si](C)(C)OC[C@]1(C)[C@H]2CC[C@]1(C)C1=CCC=C12. The standard InChI is InChI=1S/C19H32OSi/c1-17(2,3)21(6,7)20-13-19(5)16-11-12-18(19,4)15-10-8-9-14(15)16/h9-10,16H,8,11-13H2,1-7H3/t16-,18+,19+/m0/s1. The molecule has 3 rings (SSSR count). The maximum absolute atomic E-state index is 6.68. The van der Waals surface area contributed by atoms with E-state index in [1.165, 1.54) is 12.8 Å². The monoisotopic (exact) mass is 304 g/mol. The van der Waals surface area contributed by atoms with Crippen LogP contribution in [-0.2, 0) is 4.43 Å². The molecule has 0 aliphatic heterocycles. The first-order valence-corrected chi connectivity index (χ1v) is 11.5. The lowest BCUT2D eigenvalue weighted by Gasteiger charge is -2.43. The Bertz CT molecular complexity index is 522. The molecule has 0 N–H and O–H groups in total. The van der Waals surface area contributed by atoms with Gasteiger partial charge in [-0.3, -0.25) is 0 Å². The highest BCUT2D eigenvalue weighted by Gasteiger charge is 2.64. The number of rotatable bonds is 3. The van der Waals surface area contributed by atoms with Crippen molar-refractivity contribution in [1.82, 2.24) is 0 Å². The highest BCUT2D eigenvalue weighted by molar-refractivity contribution is 6.74. The normalized spacial score (nSPS) is 38.5. The molecule has 3 atom stereocenters. The highest BCUT2D eigenvalue weighted by Crippen LogP contribution is 2.71. The van der Waals surface area contributed by atoms with Crippen molar-refractivity contribution in [2.45, 2.75) is 72.0 Å². The molecule has 0 unspecified atom stereocenters. The van der Waals surface area contributed by atoms with Crippen LogP contribution in [0, 0.1) is 16.7 Å². The van der Waals surface area contributed by atoms with Crippen molar-refractivity contribution < 1.29 is 4.43 Å². The van der Waals surface area contributed by atoms with Crippen molar-refractivity contribution in [2.75, 3.05) is 6.61 Å². The topological polar surface area (TPSA) is 9.23 Å². The Morgan fingerprint density at radius 1 is 1.24 bits per heavy atom. The van der Waals surface area contributed by atoms with Gasteiger partial charge in [0.2, 0.25) is 0 Å². The van der Waals surface area contributed by atoms with Gasteiger partial charge < -0.3 is 4.43 Å². The van der Waals surface area contributed by atoms with Gasteiger partial charge in [-0.1, -0.05) is 46.8 Å². The van der Waals surface area contributed by atoms with Crippen LogP contribution in [-0.4, -0.2) is 14.9 Å². The molecular weight excluding hydrogens is 272 g/mol. The molecular formula is C19H32OSi. The van der Waals surface area contributed by atoms with E-state index in [0.29, 0.717) is 15.9 Å². The zero-order valence-corrected chi connectivity index (χ0v) is 16.0. The molecule has 2 heteroatoms. The van der Waals surface area contributed by atoms with Gasteiger partial charge in [-0.15, -0.1) is 0 Å². The third kappa shape index (κ3) is 1.91. The van der Waals surface area contributed by atoms with Crippen LogP contribution in [0.15, 0.2) is 23.3 Å². The van der Waals surface area contributed by atoms with Crippen LogP contribution in [0.1, 0.15) is 53.9 Å². The maximum Gasteiger partial charge on any atom is 0.192 e. The minimum atomic E-state index is -1.66. The second kappa shape index (κ2) is 4.35. The Morgan fingerprint density at radius 3 is 2.48 bits per heavy atom. The van der Waals surface area contributed by atoms with E-state index in [1.54, 1.807) is 11.1 Å². The summed E-state index contributed by atoms with van der Waals surface area (Å²) in [5.74, 6) is 0.737. The molecule has 118 valence electrons. The van der Waals surface area contributed by atoms with Crippen LogP contribution in [0.3, 0.4) is 0 Å². The van der Waals surface area contributed by atoms with Crippen molar-refractivity contribution >= 4 is 8.32 Å². The second-order valence-electron chi connectivity index (χ2n) is 9.40. The van der Waals surface area contributed by atoms with E-state index in [4.69, 9.17) is 4.43 Å². The third-order valence-electron chi connectivity index (χ3n) is 7.44. The summed E-state index contributed by atoms with van der Waals surface area (Å²) in [7, 11) is -1.66. The molecule has 0 spiro atoms. The largest absolute Gasteiger partial charge is 0.416 e. The Hall–Kier alpha value is -0.343. The van der Waals surface area contributed by atoms with Crippen molar-refractivity contribution in [3.63, 3.8) is 0 Å². The van der Waals surface area contributed by atoms with Crippen LogP contribution in [0.5, 0.6) is 0 Å². The quantitative estimate of drug-likeness (QED) is 0.608. The molecule has 2 saturated carbocycles. The Balaban J connectivity index is 1.85. The molecule has 2 bridgehead atoms. The number of fused-ring (bicyclic) bond motifs is 5. The minimum absolute atomic E-state index is 0.302. The number of allylic oxidation sites excluding steroid dienone is 4. The van der Waals surface area contributed by atoms with Crippen LogP contribution >= 0.6 is 0 Å². The minimum Gasteiger partial charge on any atom is -0.416 e. The van der Waals surface area contributed by atoms with E-state index in [9.17, 15) is 0 Å². The molecule has 0 aromatic carbocycles. The van der Waals surface area contributed by atoms with Gasteiger partial charge in [0.15, 0.2) is 8.32 Å². The average Bonchev–Trinajstić information content (AvgIpc) is 2.96. The molecule has 2 fully saturated rings. The molecule has 3 aliphatic rings. The summed E-state index contributed by atoms with van der Waals surface area (Å²) in [6, 6.07) is 0. The van der Waals surface area contributed by atoms with E-state index >= 15 is 0 Å². The van der Waals surface area contributed by atoms with E-state index < -0.39 is 8.32 Å². The van der Waals surface area contributed by atoms with E-state index in [2.05, 4.69) is 59.9 Å². The fourth-order valence-corrected chi connectivity index (χ4v) is 5.67. The van der Waals surface area contributed by atoms with Gasteiger partial charge in [0.25, 0.3) is 0 Å². The number of hydrogen-bond donors (Lipinski definition) is 0. The average molecular weight is 305 g/mol. The van der Waals surface area contributed by atoms with E-state index in [1.807, 2.05) is 0 Å². The molecule has 3 aliphatic carbocycles. The second-order valence-corrected chi connectivity index (χ2v) is 14.2. The summed E-state index contributed by atoms with van der Waals surface area (Å²) in [6.45, 7) is 17.7. The molecule has 1 nitrogen and oxygen atoms in total. The summed E-state index contributed by atoms with van der Waals surface area (Å²) in [5.41, 5.74) is 3.99. The molecule has 0 radical (unpaired) electrons. The van der Waals surface area contributed by atoms with E-state index in [0.717, 1.165) is 18.9 Å². The zero-order chi connectivity index (χ0) is 15.7. The van der Waals surface area contributed by atoms with Crippen LogP contribution in [0.25, 0.3) is 0 Å². The molecule has 0 aromatic rings. The first-order valence-electron chi connectivity index (χ1n) is 8.58. The van der Waals surface area contributed by atoms with Crippen molar-refractivity contribution in [1.29, 1.82) is 0 Å². The number of hydrogen-bond acceptors (Lipinski definition) is 1. The van der Waals surface area contributed by atoms with E-state index in [-0.39, 0.29) is 0 Å². The summed E-state index contributed by atoms with van der Waals surface area (Å²) in [4.78, 5) is 0. The summed E-state index contributed by atoms with van der Waals surface area (Å²) in [6.07, 6.45) is 8.83. The molecule has 0 amide bonds. The van der Waals surface area contributed by atoms with Gasteiger partial charge in [-0.25, -0.2) is 0 Å². The fraction of sp³-hybridized carbons (Fsp3) is 0.789. The Morgan fingerprint density at radius 2 is 1.90 bits per heavy atom. The van der Waals surface area contributed by atoms with Crippen molar-refractivity contribution in [3.05, 3.63) is 23.3 Å². The highest BCUT2D eigenvalue weighted by atomic mass is 28.4. The fourth-order valence-electron chi connectivity index (χ4n) is 4.57. The van der Waals surface area contributed by atoms with Gasteiger partial charge in [0, 0.05) is 17.4 Å². The van der Waals surface area contributed by atoms with Crippen LogP contribution in [0.4, 0.5) is 0 Å². The maximum atomic E-state index is 6.68. The summed E-state index contributed by atoms with van der Waals surface area (Å²) in [5, 5.41) is 0.302. The van der Waals surface area contributed by atoms with Gasteiger partial charge in [0.05, 0.1) is 0 Å². The van der Waals surface area contributed by atoms with Crippen molar-refractivity contribution in [2.24, 2.45) is 16.7 Å². The predicted molar refractivity (Wildman–Crippen MR) is 92.9 cm³/mol. The molecule has 0 heterocycles. The van der Waals surface area contributed by atoms with Gasteiger partial charge >= 0.3 is 0 Å². The van der Waals surface area contributed by atoms with Crippen LogP contribution in [0.2, 0.25) is 18.1 Å². The Kier molecular flexibility index (Phi) is 3.22. The van der Waals surface area contributed by atoms with Crippen LogP contribution < -0.4 is 0 Å². The summed E-state index contributed by atoms with van der Waals surface area (Å²) < 4.78 is 6.68. The smallest absolute Gasteiger partial charge is 0.192 e. The third-order valence-corrected chi connectivity index (χ3v) is 11.9.